The zero-order valence-corrected chi connectivity index (χ0v) is 15.0. The first kappa shape index (κ1) is 16.8. The number of benzene rings is 1. The van der Waals surface area contributed by atoms with Crippen LogP contribution in [0.25, 0.3) is 0 Å². The monoisotopic (exact) mass is 345 g/mol. The molecule has 0 unspecified atom stereocenters. The van der Waals surface area contributed by atoms with E-state index in [0.29, 0.717) is 11.9 Å². The molecule has 1 aliphatic rings. The molecule has 128 valence electrons. The standard InChI is InChI=1S/C18H24ClN5/c1-14(2)13-21-18-20-7-6-17(22-18)24-10-8-23(9-11-24)16-5-3-4-15(19)12-16/h3-7,12,14H,8-11,13H2,1-2H3,(H,20,21,22). The summed E-state index contributed by atoms with van der Waals surface area (Å²) in [4.78, 5) is 13.6. The summed E-state index contributed by atoms with van der Waals surface area (Å²) in [5.41, 5.74) is 1.18. The zero-order valence-electron chi connectivity index (χ0n) is 14.2. The van der Waals surface area contributed by atoms with Crippen molar-refractivity contribution in [1.82, 2.24) is 9.97 Å². The van der Waals surface area contributed by atoms with Gasteiger partial charge in [0.05, 0.1) is 0 Å². The molecular formula is C18H24ClN5. The van der Waals surface area contributed by atoms with Crippen molar-refractivity contribution in [2.24, 2.45) is 5.92 Å². The Morgan fingerprint density at radius 1 is 1.12 bits per heavy atom. The number of rotatable bonds is 5. The third-order valence-corrected chi connectivity index (χ3v) is 4.32. The predicted octanol–water partition coefficient (Wildman–Crippen LogP) is 3.52. The molecule has 2 aromatic rings. The van der Waals surface area contributed by atoms with Gasteiger partial charge in [-0.3, -0.25) is 0 Å². The first-order valence-corrected chi connectivity index (χ1v) is 8.82. The Morgan fingerprint density at radius 3 is 2.58 bits per heavy atom. The molecule has 0 amide bonds. The van der Waals surface area contributed by atoms with Crippen LogP contribution in [-0.2, 0) is 0 Å². The summed E-state index contributed by atoms with van der Waals surface area (Å²) in [6.07, 6.45) is 1.83. The van der Waals surface area contributed by atoms with Crippen LogP contribution in [0.3, 0.4) is 0 Å². The maximum absolute atomic E-state index is 6.10. The number of hydrogen-bond acceptors (Lipinski definition) is 5. The van der Waals surface area contributed by atoms with Gasteiger partial charge < -0.3 is 15.1 Å². The van der Waals surface area contributed by atoms with Crippen LogP contribution >= 0.6 is 11.6 Å². The molecule has 0 bridgehead atoms. The van der Waals surface area contributed by atoms with Gasteiger partial charge in [0.1, 0.15) is 5.82 Å². The average Bonchev–Trinajstić information content (AvgIpc) is 2.60. The van der Waals surface area contributed by atoms with Gasteiger partial charge in [0.25, 0.3) is 0 Å². The van der Waals surface area contributed by atoms with Crippen LogP contribution in [0, 0.1) is 5.92 Å². The van der Waals surface area contributed by atoms with E-state index in [-0.39, 0.29) is 0 Å². The fourth-order valence-electron chi connectivity index (χ4n) is 2.77. The lowest BCUT2D eigenvalue weighted by Crippen LogP contribution is -2.46. The fraction of sp³-hybridized carbons (Fsp3) is 0.444. The van der Waals surface area contributed by atoms with Gasteiger partial charge in [-0.1, -0.05) is 31.5 Å². The summed E-state index contributed by atoms with van der Waals surface area (Å²) in [7, 11) is 0. The van der Waals surface area contributed by atoms with E-state index in [1.165, 1.54) is 5.69 Å². The third-order valence-electron chi connectivity index (χ3n) is 4.09. The van der Waals surface area contributed by atoms with E-state index in [4.69, 9.17) is 11.6 Å². The van der Waals surface area contributed by atoms with Crippen molar-refractivity contribution in [2.45, 2.75) is 13.8 Å². The van der Waals surface area contributed by atoms with Crippen molar-refractivity contribution in [3.63, 3.8) is 0 Å². The molecule has 0 aliphatic carbocycles. The molecule has 2 heterocycles. The number of halogens is 1. The van der Waals surface area contributed by atoms with Crippen molar-refractivity contribution < 1.29 is 0 Å². The van der Waals surface area contributed by atoms with E-state index in [1.807, 2.05) is 30.5 Å². The lowest BCUT2D eigenvalue weighted by atomic mass is 10.2. The number of hydrogen-bond donors (Lipinski definition) is 1. The van der Waals surface area contributed by atoms with Crippen LogP contribution in [-0.4, -0.2) is 42.7 Å². The molecule has 1 saturated heterocycles. The first-order chi connectivity index (χ1) is 11.6. The van der Waals surface area contributed by atoms with Gasteiger partial charge in [0, 0.05) is 49.6 Å². The molecule has 0 atom stereocenters. The van der Waals surface area contributed by atoms with Gasteiger partial charge in [-0.05, 0) is 30.2 Å². The minimum atomic E-state index is 0.568. The molecule has 1 N–H and O–H groups in total. The van der Waals surface area contributed by atoms with Gasteiger partial charge in [-0.15, -0.1) is 0 Å². The molecule has 1 aromatic heterocycles. The number of nitrogens with one attached hydrogen (secondary N) is 1. The van der Waals surface area contributed by atoms with E-state index in [0.717, 1.165) is 43.6 Å². The van der Waals surface area contributed by atoms with Crippen molar-refractivity contribution >= 4 is 29.1 Å². The molecule has 6 heteroatoms. The van der Waals surface area contributed by atoms with Gasteiger partial charge >= 0.3 is 0 Å². The fourth-order valence-corrected chi connectivity index (χ4v) is 2.96. The van der Waals surface area contributed by atoms with Crippen molar-refractivity contribution in [3.05, 3.63) is 41.6 Å². The molecule has 0 saturated carbocycles. The summed E-state index contributed by atoms with van der Waals surface area (Å²) in [6.45, 7) is 9.02. The lowest BCUT2D eigenvalue weighted by Gasteiger charge is -2.36. The largest absolute Gasteiger partial charge is 0.368 e. The second kappa shape index (κ2) is 7.71. The Hall–Kier alpha value is -2.01. The van der Waals surface area contributed by atoms with Crippen LogP contribution in [0.15, 0.2) is 36.5 Å². The highest BCUT2D eigenvalue weighted by molar-refractivity contribution is 6.30. The highest BCUT2D eigenvalue weighted by atomic mass is 35.5. The van der Waals surface area contributed by atoms with Crippen LogP contribution in [0.2, 0.25) is 5.02 Å². The number of anilines is 3. The molecule has 1 aromatic carbocycles. The molecular weight excluding hydrogens is 322 g/mol. The van der Waals surface area contributed by atoms with Crippen molar-refractivity contribution in [3.8, 4) is 0 Å². The Morgan fingerprint density at radius 2 is 1.88 bits per heavy atom. The third kappa shape index (κ3) is 4.29. The molecule has 0 spiro atoms. The molecule has 5 nitrogen and oxygen atoms in total. The Balaban J connectivity index is 1.61. The highest BCUT2D eigenvalue weighted by Gasteiger charge is 2.19. The highest BCUT2D eigenvalue weighted by Crippen LogP contribution is 2.22. The summed E-state index contributed by atoms with van der Waals surface area (Å²) < 4.78 is 0. The summed E-state index contributed by atoms with van der Waals surface area (Å²) in [5.74, 6) is 2.26. The minimum Gasteiger partial charge on any atom is -0.368 e. The van der Waals surface area contributed by atoms with Crippen LogP contribution in [0.4, 0.5) is 17.5 Å². The van der Waals surface area contributed by atoms with Crippen LogP contribution < -0.4 is 15.1 Å². The summed E-state index contributed by atoms with van der Waals surface area (Å²) in [5, 5.41) is 4.07. The predicted molar refractivity (Wildman–Crippen MR) is 101 cm³/mol. The number of nitrogens with zero attached hydrogens (tertiary/aromatic N) is 4. The van der Waals surface area contributed by atoms with E-state index >= 15 is 0 Å². The lowest BCUT2D eigenvalue weighted by molar-refractivity contribution is 0.646. The van der Waals surface area contributed by atoms with Crippen LogP contribution in [0.5, 0.6) is 0 Å². The van der Waals surface area contributed by atoms with Crippen LogP contribution in [0.1, 0.15) is 13.8 Å². The quantitative estimate of drug-likeness (QED) is 0.898. The van der Waals surface area contributed by atoms with E-state index in [2.05, 4.69) is 45.0 Å². The van der Waals surface area contributed by atoms with Gasteiger partial charge in [0.2, 0.25) is 5.95 Å². The Kier molecular flexibility index (Phi) is 5.41. The maximum atomic E-state index is 6.10. The normalized spacial score (nSPS) is 15.0. The van der Waals surface area contributed by atoms with E-state index < -0.39 is 0 Å². The number of aromatic nitrogens is 2. The van der Waals surface area contributed by atoms with Crippen molar-refractivity contribution in [1.29, 1.82) is 0 Å². The van der Waals surface area contributed by atoms with E-state index in [9.17, 15) is 0 Å². The summed E-state index contributed by atoms with van der Waals surface area (Å²) in [6, 6.07) is 10.0. The van der Waals surface area contributed by atoms with Crippen molar-refractivity contribution in [2.75, 3.05) is 47.8 Å². The first-order valence-electron chi connectivity index (χ1n) is 8.44. The van der Waals surface area contributed by atoms with Gasteiger partial charge in [-0.2, -0.15) is 4.98 Å². The number of piperazine rings is 1. The smallest absolute Gasteiger partial charge is 0.224 e. The van der Waals surface area contributed by atoms with Gasteiger partial charge in [0.15, 0.2) is 0 Å². The molecule has 1 fully saturated rings. The second-order valence-corrected chi connectivity index (χ2v) is 6.90. The van der Waals surface area contributed by atoms with E-state index in [1.54, 1.807) is 0 Å². The average molecular weight is 346 g/mol. The Labute approximate surface area is 148 Å². The molecule has 3 rings (SSSR count). The Bertz CT molecular complexity index is 668. The zero-order chi connectivity index (χ0) is 16.9. The second-order valence-electron chi connectivity index (χ2n) is 6.47. The molecule has 1 aliphatic heterocycles. The molecule has 24 heavy (non-hydrogen) atoms. The minimum absolute atomic E-state index is 0.568. The maximum Gasteiger partial charge on any atom is 0.224 e. The molecule has 0 radical (unpaired) electrons. The summed E-state index contributed by atoms with van der Waals surface area (Å²) >= 11 is 6.10. The topological polar surface area (TPSA) is 44.3 Å². The SMILES string of the molecule is CC(C)CNc1nccc(N2CCN(c3cccc(Cl)c3)CC2)n1. The van der Waals surface area contributed by atoms with Gasteiger partial charge in [-0.25, -0.2) is 4.98 Å².